The molecule has 4 N–H and O–H groups in total. The Morgan fingerprint density at radius 1 is 1.13 bits per heavy atom. The number of hydrogen-bond donors (Lipinski definition) is 2. The van der Waals surface area contributed by atoms with Crippen molar-refractivity contribution in [1.29, 1.82) is 0 Å². The van der Waals surface area contributed by atoms with Gasteiger partial charge in [-0.15, -0.1) is 11.3 Å². The third-order valence-corrected chi connectivity index (χ3v) is 3.32. The van der Waals surface area contributed by atoms with Crippen molar-refractivity contribution in [3.8, 4) is 10.4 Å². The maximum Gasteiger partial charge on any atom is 0.0419 e. The highest BCUT2D eigenvalue weighted by Gasteiger charge is 2.03. The summed E-state index contributed by atoms with van der Waals surface area (Å²) in [4.78, 5) is 1.28. The van der Waals surface area contributed by atoms with Crippen LogP contribution in [-0.4, -0.2) is 6.54 Å². The van der Waals surface area contributed by atoms with Gasteiger partial charge in [-0.1, -0.05) is 30.3 Å². The molecule has 2 nitrogen and oxygen atoms in total. The molecular formula is C12H14N2S. The molecule has 0 aliphatic carbocycles. The zero-order valence-corrected chi connectivity index (χ0v) is 9.21. The minimum absolute atomic E-state index is 0.0533. The Balaban J connectivity index is 2.25. The lowest BCUT2D eigenvalue weighted by Gasteiger charge is -2.09. The van der Waals surface area contributed by atoms with Gasteiger partial charge in [0, 0.05) is 17.5 Å². The van der Waals surface area contributed by atoms with E-state index >= 15 is 0 Å². The summed E-state index contributed by atoms with van der Waals surface area (Å²) < 4.78 is 0. The van der Waals surface area contributed by atoms with Gasteiger partial charge in [-0.05, 0) is 22.6 Å². The van der Waals surface area contributed by atoms with Crippen molar-refractivity contribution in [2.24, 2.45) is 11.5 Å². The standard InChI is InChI=1S/C12H14N2S/c13-8-11(14)9-3-5-10(6-4-9)12-2-1-7-15-12/h1-7,11H,8,13-14H2. The summed E-state index contributed by atoms with van der Waals surface area (Å²) in [5.74, 6) is 0. The van der Waals surface area contributed by atoms with Gasteiger partial charge in [0.25, 0.3) is 0 Å². The number of benzene rings is 1. The summed E-state index contributed by atoms with van der Waals surface area (Å²) >= 11 is 1.74. The molecule has 0 fully saturated rings. The van der Waals surface area contributed by atoms with Crippen molar-refractivity contribution < 1.29 is 0 Å². The average Bonchev–Trinajstić information content (AvgIpc) is 2.82. The van der Waals surface area contributed by atoms with Gasteiger partial charge in [0.05, 0.1) is 0 Å². The number of thiophene rings is 1. The lowest BCUT2D eigenvalue weighted by atomic mass is 10.1. The molecule has 2 rings (SSSR count). The first kappa shape index (κ1) is 10.4. The van der Waals surface area contributed by atoms with Crippen molar-refractivity contribution in [2.75, 3.05) is 6.54 Å². The largest absolute Gasteiger partial charge is 0.329 e. The van der Waals surface area contributed by atoms with Crippen molar-refractivity contribution in [3.63, 3.8) is 0 Å². The molecule has 3 heteroatoms. The van der Waals surface area contributed by atoms with Crippen LogP contribution in [0.4, 0.5) is 0 Å². The van der Waals surface area contributed by atoms with E-state index < -0.39 is 0 Å². The molecule has 2 aromatic rings. The summed E-state index contributed by atoms with van der Waals surface area (Å²) in [7, 11) is 0. The fraction of sp³-hybridized carbons (Fsp3) is 0.167. The average molecular weight is 218 g/mol. The fourth-order valence-electron chi connectivity index (χ4n) is 1.47. The van der Waals surface area contributed by atoms with Gasteiger partial charge in [-0.2, -0.15) is 0 Å². The summed E-state index contributed by atoms with van der Waals surface area (Å²) in [6, 6.07) is 12.4. The Hall–Kier alpha value is -1.16. The van der Waals surface area contributed by atoms with Crippen molar-refractivity contribution in [3.05, 3.63) is 47.3 Å². The SMILES string of the molecule is NCC(N)c1ccc(-c2cccs2)cc1. The van der Waals surface area contributed by atoms with Gasteiger partial charge >= 0.3 is 0 Å². The second kappa shape index (κ2) is 4.57. The molecule has 78 valence electrons. The predicted molar refractivity (Wildman–Crippen MR) is 65.7 cm³/mol. The molecule has 0 aliphatic rings. The van der Waals surface area contributed by atoms with Gasteiger partial charge in [0.1, 0.15) is 0 Å². The minimum atomic E-state index is -0.0533. The van der Waals surface area contributed by atoms with E-state index in [1.807, 2.05) is 12.1 Å². The van der Waals surface area contributed by atoms with Crippen LogP contribution in [0.2, 0.25) is 0 Å². The van der Waals surface area contributed by atoms with Crippen LogP contribution in [0.1, 0.15) is 11.6 Å². The van der Waals surface area contributed by atoms with Gasteiger partial charge in [0.15, 0.2) is 0 Å². The van der Waals surface area contributed by atoms with Gasteiger partial charge in [0.2, 0.25) is 0 Å². The van der Waals surface area contributed by atoms with Crippen LogP contribution in [0, 0.1) is 0 Å². The van der Waals surface area contributed by atoms with Gasteiger partial charge in [-0.25, -0.2) is 0 Å². The minimum Gasteiger partial charge on any atom is -0.329 e. The fourth-order valence-corrected chi connectivity index (χ4v) is 2.21. The molecule has 0 bridgehead atoms. The van der Waals surface area contributed by atoms with E-state index in [-0.39, 0.29) is 6.04 Å². The maximum atomic E-state index is 5.84. The molecule has 0 radical (unpaired) electrons. The van der Waals surface area contributed by atoms with E-state index in [9.17, 15) is 0 Å². The highest BCUT2D eigenvalue weighted by Crippen LogP contribution is 2.25. The lowest BCUT2D eigenvalue weighted by Crippen LogP contribution is -2.20. The monoisotopic (exact) mass is 218 g/mol. The second-order valence-corrected chi connectivity index (χ2v) is 4.39. The van der Waals surface area contributed by atoms with E-state index in [2.05, 4.69) is 29.6 Å². The Morgan fingerprint density at radius 3 is 2.40 bits per heavy atom. The summed E-state index contributed by atoms with van der Waals surface area (Å²) in [6.07, 6.45) is 0. The van der Waals surface area contributed by atoms with Crippen molar-refractivity contribution >= 4 is 11.3 Å². The van der Waals surface area contributed by atoms with Crippen LogP contribution >= 0.6 is 11.3 Å². The Morgan fingerprint density at radius 2 is 1.87 bits per heavy atom. The third-order valence-electron chi connectivity index (χ3n) is 2.40. The quantitative estimate of drug-likeness (QED) is 0.831. The zero-order valence-electron chi connectivity index (χ0n) is 8.39. The number of nitrogens with two attached hydrogens (primary N) is 2. The molecule has 0 aliphatic heterocycles. The van der Waals surface area contributed by atoms with E-state index in [0.29, 0.717) is 6.54 Å². The summed E-state index contributed by atoms with van der Waals surface area (Å²) in [5.41, 5.74) is 13.7. The molecule has 1 aromatic carbocycles. The van der Waals surface area contributed by atoms with Crippen LogP contribution in [0.25, 0.3) is 10.4 Å². The first-order valence-corrected chi connectivity index (χ1v) is 5.78. The molecular weight excluding hydrogens is 204 g/mol. The van der Waals surface area contributed by atoms with Gasteiger partial charge in [-0.3, -0.25) is 0 Å². The number of rotatable bonds is 3. The Kier molecular flexibility index (Phi) is 3.16. The smallest absolute Gasteiger partial charge is 0.0419 e. The Labute approximate surface area is 93.5 Å². The van der Waals surface area contributed by atoms with Crippen LogP contribution in [-0.2, 0) is 0 Å². The molecule has 0 saturated carbocycles. The highest BCUT2D eigenvalue weighted by molar-refractivity contribution is 7.13. The second-order valence-electron chi connectivity index (χ2n) is 3.44. The van der Waals surface area contributed by atoms with Crippen LogP contribution in [0.15, 0.2) is 41.8 Å². The number of hydrogen-bond acceptors (Lipinski definition) is 3. The van der Waals surface area contributed by atoms with Gasteiger partial charge < -0.3 is 11.5 Å². The molecule has 0 saturated heterocycles. The van der Waals surface area contributed by atoms with Crippen molar-refractivity contribution in [1.82, 2.24) is 0 Å². The molecule has 1 heterocycles. The van der Waals surface area contributed by atoms with Crippen LogP contribution in [0.5, 0.6) is 0 Å². The molecule has 1 unspecified atom stereocenters. The summed E-state index contributed by atoms with van der Waals surface area (Å²) in [5, 5.41) is 2.08. The highest BCUT2D eigenvalue weighted by atomic mass is 32.1. The first-order chi connectivity index (χ1) is 7.31. The zero-order chi connectivity index (χ0) is 10.7. The van der Waals surface area contributed by atoms with Crippen LogP contribution in [0.3, 0.4) is 0 Å². The van der Waals surface area contributed by atoms with E-state index in [1.54, 1.807) is 11.3 Å². The normalized spacial score (nSPS) is 12.7. The molecule has 0 amide bonds. The predicted octanol–water partition coefficient (Wildman–Crippen LogP) is 2.37. The summed E-state index contributed by atoms with van der Waals surface area (Å²) in [6.45, 7) is 0.484. The van der Waals surface area contributed by atoms with Crippen LogP contribution < -0.4 is 11.5 Å². The van der Waals surface area contributed by atoms with E-state index in [1.165, 1.54) is 10.4 Å². The molecule has 1 atom stereocenters. The topological polar surface area (TPSA) is 52.0 Å². The molecule has 1 aromatic heterocycles. The Bertz CT molecular complexity index is 406. The molecule has 15 heavy (non-hydrogen) atoms. The molecule has 0 spiro atoms. The third kappa shape index (κ3) is 2.26. The van der Waals surface area contributed by atoms with E-state index in [4.69, 9.17) is 11.5 Å². The maximum absolute atomic E-state index is 5.84. The van der Waals surface area contributed by atoms with Crippen molar-refractivity contribution in [2.45, 2.75) is 6.04 Å². The first-order valence-electron chi connectivity index (χ1n) is 4.91. The lowest BCUT2D eigenvalue weighted by molar-refractivity contribution is 0.737. The van der Waals surface area contributed by atoms with E-state index in [0.717, 1.165) is 5.56 Å².